The Morgan fingerprint density at radius 1 is 0.892 bits per heavy atom. The van der Waals surface area contributed by atoms with Gasteiger partial charge in [-0.15, -0.1) is 0 Å². The van der Waals surface area contributed by atoms with Crippen molar-refractivity contribution in [1.29, 1.82) is 0 Å². The lowest BCUT2D eigenvalue weighted by Gasteiger charge is -2.21. The van der Waals surface area contributed by atoms with E-state index in [4.69, 9.17) is 0 Å². The van der Waals surface area contributed by atoms with Crippen LogP contribution in [0.25, 0.3) is 11.3 Å². The van der Waals surface area contributed by atoms with Gasteiger partial charge in [0, 0.05) is 23.9 Å². The van der Waals surface area contributed by atoms with Crippen molar-refractivity contribution in [3.63, 3.8) is 0 Å². The first-order chi connectivity index (χ1) is 17.4. The molecule has 0 radical (unpaired) electrons. The molecule has 1 aromatic carbocycles. The number of amides is 2. The van der Waals surface area contributed by atoms with E-state index in [-0.39, 0.29) is 33.6 Å². The third-order valence-electron chi connectivity index (χ3n) is 5.78. The highest BCUT2D eigenvalue weighted by Crippen LogP contribution is 2.47. The Morgan fingerprint density at radius 3 is 1.89 bits per heavy atom. The SMILES string of the molecule is CC.O=C1c2ccccc2C(=O)N1Cc1cc(-c2cnc(C(F)(F)F)nc2)nc(C2CC2)c1C(F)(F)F. The van der Waals surface area contributed by atoms with Gasteiger partial charge in [-0.1, -0.05) is 26.0 Å². The quantitative estimate of drug-likeness (QED) is 0.298. The second-order valence-electron chi connectivity index (χ2n) is 8.23. The molecule has 37 heavy (non-hydrogen) atoms. The summed E-state index contributed by atoms with van der Waals surface area (Å²) >= 11 is 0. The summed E-state index contributed by atoms with van der Waals surface area (Å²) in [5.74, 6) is -3.37. The zero-order valence-corrected chi connectivity index (χ0v) is 19.6. The van der Waals surface area contributed by atoms with Crippen molar-refractivity contribution in [3.05, 3.63) is 76.5 Å². The number of pyridine rings is 1. The van der Waals surface area contributed by atoms with Crippen LogP contribution in [0.4, 0.5) is 26.3 Å². The topological polar surface area (TPSA) is 76.1 Å². The number of carbonyl (C=O) groups is 2. The molecule has 12 heteroatoms. The van der Waals surface area contributed by atoms with Crippen LogP contribution in [0.15, 0.2) is 42.7 Å². The molecule has 0 spiro atoms. The number of carbonyl (C=O) groups excluding carboxylic acids is 2. The minimum Gasteiger partial charge on any atom is -0.270 e. The van der Waals surface area contributed by atoms with E-state index in [1.54, 1.807) is 0 Å². The summed E-state index contributed by atoms with van der Waals surface area (Å²) in [5.41, 5.74) is -1.66. The normalized spacial score (nSPS) is 15.4. The van der Waals surface area contributed by atoms with Gasteiger partial charge in [0.2, 0.25) is 5.82 Å². The van der Waals surface area contributed by atoms with E-state index in [1.165, 1.54) is 24.3 Å². The lowest BCUT2D eigenvalue weighted by molar-refractivity contribution is -0.145. The number of alkyl halides is 6. The highest BCUT2D eigenvalue weighted by atomic mass is 19.4. The number of halogens is 6. The van der Waals surface area contributed by atoms with E-state index in [0.717, 1.165) is 23.4 Å². The van der Waals surface area contributed by atoms with Gasteiger partial charge in [0.15, 0.2) is 0 Å². The summed E-state index contributed by atoms with van der Waals surface area (Å²) < 4.78 is 81.0. The number of nitrogens with zero attached hydrogens (tertiary/aromatic N) is 4. The zero-order chi connectivity index (χ0) is 27.1. The summed E-state index contributed by atoms with van der Waals surface area (Å²) in [4.78, 5) is 36.9. The van der Waals surface area contributed by atoms with E-state index in [2.05, 4.69) is 15.0 Å². The van der Waals surface area contributed by atoms with Gasteiger partial charge >= 0.3 is 12.4 Å². The highest BCUT2D eigenvalue weighted by molar-refractivity contribution is 6.21. The zero-order valence-electron chi connectivity index (χ0n) is 19.6. The molecular weight excluding hydrogens is 502 g/mol. The minimum absolute atomic E-state index is 0.0303. The van der Waals surface area contributed by atoms with Crippen LogP contribution in [0.1, 0.15) is 76.0 Å². The molecule has 2 aromatic heterocycles. The van der Waals surface area contributed by atoms with Gasteiger partial charge in [-0.05, 0) is 36.6 Å². The molecule has 1 saturated carbocycles. The molecule has 1 fully saturated rings. The van der Waals surface area contributed by atoms with Gasteiger partial charge in [-0.2, -0.15) is 26.3 Å². The standard InChI is InChI=1S/C23H14F6N4O2.C2H6/c24-22(25,26)17-12(10-33-19(34)14-3-1-2-4-15(14)20(33)35)7-16(32-18(17)11-5-6-11)13-8-30-21(31-9-13)23(27,28)29;1-2/h1-4,7-9,11H,5-6,10H2;1-2H3. The summed E-state index contributed by atoms with van der Waals surface area (Å²) in [6, 6.07) is 6.91. The Balaban J connectivity index is 0.00000156. The second-order valence-corrected chi connectivity index (χ2v) is 8.23. The van der Waals surface area contributed by atoms with Crippen molar-refractivity contribution in [2.45, 2.75) is 51.5 Å². The molecule has 3 aromatic rings. The molecule has 0 N–H and O–H groups in total. The van der Waals surface area contributed by atoms with Crippen molar-refractivity contribution >= 4 is 11.8 Å². The van der Waals surface area contributed by atoms with E-state index in [1.807, 2.05) is 13.8 Å². The van der Waals surface area contributed by atoms with Gasteiger partial charge in [-0.3, -0.25) is 19.5 Å². The Labute approximate surface area is 207 Å². The van der Waals surface area contributed by atoms with Crippen molar-refractivity contribution in [3.8, 4) is 11.3 Å². The average Bonchev–Trinajstić information content (AvgIpc) is 3.68. The monoisotopic (exact) mass is 522 g/mol. The van der Waals surface area contributed by atoms with Crippen LogP contribution >= 0.6 is 0 Å². The first-order valence-corrected chi connectivity index (χ1v) is 11.4. The molecule has 5 rings (SSSR count). The summed E-state index contributed by atoms with van der Waals surface area (Å²) in [6.07, 6.45) is -7.07. The van der Waals surface area contributed by atoms with Crippen molar-refractivity contribution < 1.29 is 35.9 Å². The van der Waals surface area contributed by atoms with Crippen LogP contribution in [-0.2, 0) is 18.9 Å². The van der Waals surface area contributed by atoms with Gasteiger partial charge in [0.05, 0.1) is 34.6 Å². The number of imide groups is 1. The second kappa shape index (κ2) is 9.56. The van der Waals surface area contributed by atoms with Gasteiger partial charge in [0.1, 0.15) is 0 Å². The van der Waals surface area contributed by atoms with Gasteiger partial charge in [0.25, 0.3) is 11.8 Å². The molecule has 2 aliphatic rings. The fourth-order valence-corrected chi connectivity index (χ4v) is 4.03. The molecule has 1 aliphatic heterocycles. The van der Waals surface area contributed by atoms with E-state index >= 15 is 0 Å². The number of fused-ring (bicyclic) bond motifs is 1. The molecule has 6 nitrogen and oxygen atoms in total. The predicted octanol–water partition coefficient (Wildman–Crippen LogP) is 6.28. The van der Waals surface area contributed by atoms with Crippen LogP contribution in [0.3, 0.4) is 0 Å². The molecule has 0 unspecified atom stereocenters. The third kappa shape index (κ3) is 5.05. The molecule has 0 saturated heterocycles. The lowest BCUT2D eigenvalue weighted by Crippen LogP contribution is -2.30. The van der Waals surface area contributed by atoms with Crippen molar-refractivity contribution in [2.24, 2.45) is 0 Å². The predicted molar refractivity (Wildman–Crippen MR) is 119 cm³/mol. The molecular formula is C25H20F6N4O2. The molecule has 2 amide bonds. The largest absolute Gasteiger partial charge is 0.451 e. The number of rotatable bonds is 4. The van der Waals surface area contributed by atoms with Crippen molar-refractivity contribution in [2.75, 3.05) is 0 Å². The molecule has 3 heterocycles. The Bertz CT molecular complexity index is 1310. The Morgan fingerprint density at radius 2 is 1.43 bits per heavy atom. The van der Waals surface area contributed by atoms with E-state index in [9.17, 15) is 35.9 Å². The molecule has 194 valence electrons. The fourth-order valence-electron chi connectivity index (χ4n) is 4.03. The summed E-state index contributed by atoms with van der Waals surface area (Å²) in [6.45, 7) is 3.32. The summed E-state index contributed by atoms with van der Waals surface area (Å²) in [5, 5.41) is 0. The third-order valence-corrected chi connectivity index (χ3v) is 5.78. The first kappa shape index (κ1) is 26.2. The van der Waals surface area contributed by atoms with E-state index < -0.39 is 48.0 Å². The van der Waals surface area contributed by atoms with Gasteiger partial charge < -0.3 is 0 Å². The molecule has 0 bridgehead atoms. The van der Waals surface area contributed by atoms with Crippen LogP contribution in [-0.4, -0.2) is 31.7 Å². The maximum Gasteiger partial charge on any atom is 0.451 e. The smallest absolute Gasteiger partial charge is 0.270 e. The summed E-state index contributed by atoms with van der Waals surface area (Å²) in [7, 11) is 0. The molecule has 1 aliphatic carbocycles. The Hall–Kier alpha value is -3.83. The highest BCUT2D eigenvalue weighted by Gasteiger charge is 2.44. The van der Waals surface area contributed by atoms with E-state index in [0.29, 0.717) is 12.8 Å². The fraction of sp³-hybridized carbons (Fsp3) is 0.320. The van der Waals surface area contributed by atoms with Crippen LogP contribution < -0.4 is 0 Å². The van der Waals surface area contributed by atoms with Crippen LogP contribution in [0.2, 0.25) is 0 Å². The lowest BCUT2D eigenvalue weighted by atomic mass is 9.99. The van der Waals surface area contributed by atoms with Crippen molar-refractivity contribution in [1.82, 2.24) is 19.9 Å². The minimum atomic E-state index is -4.84. The van der Waals surface area contributed by atoms with Gasteiger partial charge in [-0.25, -0.2) is 9.97 Å². The number of hydrogen-bond donors (Lipinski definition) is 0. The van der Waals surface area contributed by atoms with Crippen LogP contribution in [0, 0.1) is 0 Å². The maximum atomic E-state index is 14.2. The maximum absolute atomic E-state index is 14.2. The number of aromatic nitrogens is 3. The number of hydrogen-bond acceptors (Lipinski definition) is 5. The number of benzene rings is 1. The Kier molecular flexibility index (Phi) is 6.78. The van der Waals surface area contributed by atoms with Crippen LogP contribution in [0.5, 0.6) is 0 Å². The first-order valence-electron chi connectivity index (χ1n) is 11.4. The average molecular weight is 522 g/mol. The molecule has 0 atom stereocenters.